The second kappa shape index (κ2) is 6.73. The number of pyridine rings is 1. The number of carbonyl (C=O) groups is 1. The van der Waals surface area contributed by atoms with Gasteiger partial charge in [-0.2, -0.15) is 0 Å². The van der Waals surface area contributed by atoms with Gasteiger partial charge in [0.05, 0.1) is 5.52 Å². The van der Waals surface area contributed by atoms with E-state index in [1.54, 1.807) is 24.4 Å². The van der Waals surface area contributed by atoms with Gasteiger partial charge in [-0.3, -0.25) is 9.59 Å². The van der Waals surface area contributed by atoms with E-state index < -0.39 is 5.91 Å². The maximum Gasteiger partial charge on any atom is 0.261 e. The Labute approximate surface area is 151 Å². The summed E-state index contributed by atoms with van der Waals surface area (Å²) in [4.78, 5) is 25.5. The molecule has 1 N–H and O–H groups in total. The first-order valence-corrected chi connectivity index (χ1v) is 8.50. The third-order valence-corrected chi connectivity index (χ3v) is 4.49. The second-order valence-corrected chi connectivity index (χ2v) is 6.53. The molecule has 2 aromatic carbocycles. The van der Waals surface area contributed by atoms with Gasteiger partial charge in [0.2, 0.25) is 5.43 Å². The molecule has 128 valence electrons. The van der Waals surface area contributed by atoms with Gasteiger partial charge in [-0.15, -0.1) is 0 Å². The van der Waals surface area contributed by atoms with Crippen molar-refractivity contribution in [3.8, 4) is 0 Å². The van der Waals surface area contributed by atoms with Gasteiger partial charge in [0.15, 0.2) is 0 Å². The van der Waals surface area contributed by atoms with Gasteiger partial charge in [-0.05, 0) is 50.6 Å². The fourth-order valence-electron chi connectivity index (χ4n) is 2.94. The Hall–Kier alpha value is -2.59. The van der Waals surface area contributed by atoms with Gasteiger partial charge in [0.1, 0.15) is 5.56 Å². The molecule has 0 spiro atoms. The van der Waals surface area contributed by atoms with Crippen LogP contribution in [0.5, 0.6) is 0 Å². The van der Waals surface area contributed by atoms with Crippen LogP contribution in [0.3, 0.4) is 0 Å². The monoisotopic (exact) mass is 354 g/mol. The van der Waals surface area contributed by atoms with Crippen LogP contribution >= 0.6 is 11.6 Å². The highest BCUT2D eigenvalue weighted by atomic mass is 35.5. The van der Waals surface area contributed by atoms with Crippen molar-refractivity contribution >= 4 is 34.1 Å². The van der Waals surface area contributed by atoms with E-state index in [9.17, 15) is 9.59 Å². The van der Waals surface area contributed by atoms with Gasteiger partial charge in [0, 0.05) is 28.8 Å². The third kappa shape index (κ3) is 3.30. The smallest absolute Gasteiger partial charge is 0.261 e. The lowest BCUT2D eigenvalue weighted by atomic mass is 10.1. The highest BCUT2D eigenvalue weighted by molar-refractivity contribution is 6.31. The summed E-state index contributed by atoms with van der Waals surface area (Å²) in [6, 6.07) is 10.9. The summed E-state index contributed by atoms with van der Waals surface area (Å²) in [5.41, 5.74) is 3.32. The molecule has 1 heterocycles. The molecule has 0 unspecified atom stereocenters. The number of amides is 1. The molecule has 0 aliphatic heterocycles. The number of aryl methyl sites for hydroxylation is 3. The van der Waals surface area contributed by atoms with Crippen LogP contribution < -0.4 is 10.7 Å². The van der Waals surface area contributed by atoms with Crippen molar-refractivity contribution in [3.63, 3.8) is 0 Å². The summed E-state index contributed by atoms with van der Waals surface area (Å²) in [6.45, 7) is 6.52. The van der Waals surface area contributed by atoms with Crippen molar-refractivity contribution in [1.82, 2.24) is 4.57 Å². The van der Waals surface area contributed by atoms with E-state index in [0.29, 0.717) is 22.6 Å². The Morgan fingerprint density at radius 3 is 2.60 bits per heavy atom. The minimum absolute atomic E-state index is 0.108. The van der Waals surface area contributed by atoms with Crippen molar-refractivity contribution in [3.05, 3.63) is 74.5 Å². The van der Waals surface area contributed by atoms with Crippen molar-refractivity contribution in [1.29, 1.82) is 0 Å². The van der Waals surface area contributed by atoms with Crippen LogP contribution in [0.25, 0.3) is 10.9 Å². The number of carbonyl (C=O) groups excluding carboxylic acids is 1. The molecule has 0 saturated heterocycles. The van der Waals surface area contributed by atoms with E-state index in [1.165, 1.54) is 0 Å². The molecule has 1 amide bonds. The first-order chi connectivity index (χ1) is 11.9. The van der Waals surface area contributed by atoms with Crippen molar-refractivity contribution in [2.24, 2.45) is 0 Å². The second-order valence-electron chi connectivity index (χ2n) is 6.09. The minimum atomic E-state index is -0.416. The average Bonchev–Trinajstić information content (AvgIpc) is 2.58. The molecule has 4 nitrogen and oxygen atoms in total. The molecule has 0 atom stereocenters. The number of nitrogens with one attached hydrogen (secondary N) is 1. The molecule has 0 saturated carbocycles. The van der Waals surface area contributed by atoms with Gasteiger partial charge in [-0.25, -0.2) is 0 Å². The van der Waals surface area contributed by atoms with E-state index in [2.05, 4.69) is 5.32 Å². The summed E-state index contributed by atoms with van der Waals surface area (Å²) < 4.78 is 1.88. The van der Waals surface area contributed by atoms with E-state index in [-0.39, 0.29) is 11.0 Å². The number of hydrogen-bond acceptors (Lipinski definition) is 2. The van der Waals surface area contributed by atoms with Crippen LogP contribution in [0.2, 0.25) is 5.02 Å². The quantitative estimate of drug-likeness (QED) is 0.750. The Kier molecular flexibility index (Phi) is 4.64. The van der Waals surface area contributed by atoms with Crippen LogP contribution in [0.4, 0.5) is 5.69 Å². The Morgan fingerprint density at radius 1 is 1.16 bits per heavy atom. The molecule has 0 fully saturated rings. The number of aromatic nitrogens is 1. The summed E-state index contributed by atoms with van der Waals surface area (Å²) in [5.74, 6) is -0.416. The third-order valence-electron chi connectivity index (χ3n) is 4.26. The SMILES string of the molecule is CCn1cc(C(=O)Nc2ccc(C)cc2C)c(=O)c2cc(Cl)ccc21. The van der Waals surface area contributed by atoms with E-state index >= 15 is 0 Å². The molecule has 0 aliphatic carbocycles. The van der Waals surface area contributed by atoms with Gasteiger partial charge in [-0.1, -0.05) is 29.3 Å². The van der Waals surface area contributed by atoms with Gasteiger partial charge >= 0.3 is 0 Å². The number of nitrogens with zero attached hydrogens (tertiary/aromatic N) is 1. The van der Waals surface area contributed by atoms with Crippen molar-refractivity contribution in [2.45, 2.75) is 27.3 Å². The Bertz CT molecular complexity index is 1040. The number of rotatable bonds is 3. The minimum Gasteiger partial charge on any atom is -0.347 e. The van der Waals surface area contributed by atoms with Gasteiger partial charge in [0.25, 0.3) is 5.91 Å². The first kappa shape index (κ1) is 17.2. The normalized spacial score (nSPS) is 10.9. The molecule has 0 aliphatic rings. The zero-order chi connectivity index (χ0) is 18.1. The highest BCUT2D eigenvalue weighted by Gasteiger charge is 2.16. The van der Waals surface area contributed by atoms with E-state index in [1.807, 2.05) is 43.5 Å². The lowest BCUT2D eigenvalue weighted by Crippen LogP contribution is -2.24. The summed E-state index contributed by atoms with van der Waals surface area (Å²) in [6.07, 6.45) is 1.61. The van der Waals surface area contributed by atoms with Crippen LogP contribution in [0.1, 0.15) is 28.4 Å². The van der Waals surface area contributed by atoms with Crippen LogP contribution in [-0.4, -0.2) is 10.5 Å². The maximum atomic E-state index is 12.8. The molecule has 5 heteroatoms. The zero-order valence-corrected chi connectivity index (χ0v) is 15.1. The Morgan fingerprint density at radius 2 is 1.92 bits per heavy atom. The highest BCUT2D eigenvalue weighted by Crippen LogP contribution is 2.20. The van der Waals surface area contributed by atoms with Gasteiger partial charge < -0.3 is 9.88 Å². The standard InChI is InChI=1S/C20H19ClN2O2/c1-4-23-11-16(19(24)15-10-14(21)6-8-18(15)23)20(25)22-17-7-5-12(2)9-13(17)3/h5-11H,4H2,1-3H3,(H,22,25). The predicted octanol–water partition coefficient (Wildman–Crippen LogP) is 4.54. The van der Waals surface area contributed by atoms with Crippen molar-refractivity contribution < 1.29 is 4.79 Å². The summed E-state index contributed by atoms with van der Waals surface area (Å²) in [5, 5.41) is 3.76. The summed E-state index contributed by atoms with van der Waals surface area (Å²) in [7, 11) is 0. The first-order valence-electron chi connectivity index (χ1n) is 8.12. The van der Waals surface area contributed by atoms with Crippen LogP contribution in [0.15, 0.2) is 47.4 Å². The fraction of sp³-hybridized carbons (Fsp3) is 0.200. The van der Waals surface area contributed by atoms with E-state index in [0.717, 1.165) is 16.6 Å². The molecule has 1 aromatic heterocycles. The lowest BCUT2D eigenvalue weighted by Gasteiger charge is -2.13. The topological polar surface area (TPSA) is 51.1 Å². The van der Waals surface area contributed by atoms with E-state index in [4.69, 9.17) is 11.6 Å². The number of halogens is 1. The number of fused-ring (bicyclic) bond motifs is 1. The number of anilines is 1. The number of hydrogen-bond donors (Lipinski definition) is 1. The largest absolute Gasteiger partial charge is 0.347 e. The molecular formula is C20H19ClN2O2. The maximum absolute atomic E-state index is 12.8. The molecule has 25 heavy (non-hydrogen) atoms. The predicted molar refractivity (Wildman–Crippen MR) is 103 cm³/mol. The molecule has 3 rings (SSSR count). The molecule has 3 aromatic rings. The van der Waals surface area contributed by atoms with Crippen LogP contribution in [-0.2, 0) is 6.54 Å². The summed E-state index contributed by atoms with van der Waals surface area (Å²) >= 11 is 6.03. The molecular weight excluding hydrogens is 336 g/mol. The lowest BCUT2D eigenvalue weighted by molar-refractivity contribution is 0.102. The molecule has 0 radical (unpaired) electrons. The zero-order valence-electron chi connectivity index (χ0n) is 14.4. The number of benzene rings is 2. The van der Waals surface area contributed by atoms with Crippen LogP contribution in [0, 0.1) is 13.8 Å². The fourth-order valence-corrected chi connectivity index (χ4v) is 3.11. The Balaban J connectivity index is 2.10. The average molecular weight is 355 g/mol. The van der Waals surface area contributed by atoms with Crippen molar-refractivity contribution in [2.75, 3.05) is 5.32 Å². The molecule has 0 bridgehead atoms.